The van der Waals surface area contributed by atoms with E-state index in [4.69, 9.17) is 9.47 Å². The molecule has 2 aromatic rings. The topological polar surface area (TPSA) is 64.6 Å². The zero-order valence-electron chi connectivity index (χ0n) is 13.2. The van der Waals surface area contributed by atoms with Gasteiger partial charge in [-0.2, -0.15) is 0 Å². The molecule has 0 aliphatic rings. The second-order valence-corrected chi connectivity index (χ2v) is 5.03. The van der Waals surface area contributed by atoms with Gasteiger partial charge in [-0.25, -0.2) is 0 Å². The largest absolute Gasteiger partial charge is 0.497 e. The van der Waals surface area contributed by atoms with Crippen LogP contribution in [-0.4, -0.2) is 19.0 Å². The number of carbonyl (C=O) groups excluding carboxylic acids is 2. The van der Waals surface area contributed by atoms with E-state index in [1.54, 1.807) is 31.4 Å². The molecule has 1 N–H and O–H groups in total. The van der Waals surface area contributed by atoms with Crippen LogP contribution in [0.5, 0.6) is 11.5 Å². The number of amides is 1. The molecule has 0 spiro atoms. The van der Waals surface area contributed by atoms with Gasteiger partial charge < -0.3 is 14.8 Å². The molecule has 0 saturated heterocycles. The molecule has 0 saturated carbocycles. The van der Waals surface area contributed by atoms with Crippen molar-refractivity contribution in [3.05, 3.63) is 54.1 Å². The SMILES string of the molecule is COc1cccc(CCC(=O)Oc2ccc(NC(C)=O)cc2)c1. The molecule has 0 aliphatic carbocycles. The van der Waals surface area contributed by atoms with E-state index in [1.807, 2.05) is 24.3 Å². The Hall–Kier alpha value is -2.82. The van der Waals surface area contributed by atoms with Gasteiger partial charge in [0.25, 0.3) is 0 Å². The van der Waals surface area contributed by atoms with E-state index in [0.29, 0.717) is 17.9 Å². The fourth-order valence-electron chi connectivity index (χ4n) is 2.07. The summed E-state index contributed by atoms with van der Waals surface area (Å²) in [4.78, 5) is 22.8. The number of aryl methyl sites for hydroxylation is 1. The van der Waals surface area contributed by atoms with E-state index in [0.717, 1.165) is 11.3 Å². The van der Waals surface area contributed by atoms with Gasteiger partial charge >= 0.3 is 5.97 Å². The van der Waals surface area contributed by atoms with Crippen LogP contribution in [-0.2, 0) is 16.0 Å². The smallest absolute Gasteiger partial charge is 0.311 e. The van der Waals surface area contributed by atoms with Crippen molar-refractivity contribution in [3.63, 3.8) is 0 Å². The molecule has 0 bridgehead atoms. The molecule has 2 rings (SSSR count). The fourth-order valence-corrected chi connectivity index (χ4v) is 2.07. The number of hydrogen-bond acceptors (Lipinski definition) is 4. The molecule has 0 fully saturated rings. The van der Waals surface area contributed by atoms with Crippen LogP contribution >= 0.6 is 0 Å². The van der Waals surface area contributed by atoms with Gasteiger partial charge in [0.2, 0.25) is 5.91 Å². The number of esters is 1. The third-order valence-corrected chi connectivity index (χ3v) is 3.16. The highest BCUT2D eigenvalue weighted by Crippen LogP contribution is 2.17. The standard InChI is InChI=1S/C18H19NO4/c1-13(20)19-15-7-9-16(10-8-15)23-18(21)11-6-14-4-3-5-17(12-14)22-2/h3-5,7-10,12H,6,11H2,1-2H3,(H,19,20). The number of nitrogens with one attached hydrogen (secondary N) is 1. The van der Waals surface area contributed by atoms with Crippen molar-refractivity contribution in [3.8, 4) is 11.5 Å². The van der Waals surface area contributed by atoms with Crippen LogP contribution < -0.4 is 14.8 Å². The van der Waals surface area contributed by atoms with Crippen molar-refractivity contribution in [2.45, 2.75) is 19.8 Å². The number of rotatable bonds is 6. The zero-order valence-corrected chi connectivity index (χ0v) is 13.2. The minimum atomic E-state index is -0.305. The lowest BCUT2D eigenvalue weighted by molar-refractivity contribution is -0.134. The fraction of sp³-hybridized carbons (Fsp3) is 0.222. The summed E-state index contributed by atoms with van der Waals surface area (Å²) in [5.74, 6) is 0.771. The first kappa shape index (κ1) is 16.5. The Labute approximate surface area is 135 Å². The van der Waals surface area contributed by atoms with Gasteiger partial charge in [-0.1, -0.05) is 12.1 Å². The predicted molar refractivity (Wildman–Crippen MR) is 87.7 cm³/mol. The summed E-state index contributed by atoms with van der Waals surface area (Å²) in [6.07, 6.45) is 0.862. The van der Waals surface area contributed by atoms with Gasteiger partial charge in [0.1, 0.15) is 11.5 Å². The Morgan fingerprint density at radius 1 is 1.04 bits per heavy atom. The molecule has 120 valence electrons. The van der Waals surface area contributed by atoms with Crippen LogP contribution in [0.2, 0.25) is 0 Å². The zero-order chi connectivity index (χ0) is 16.7. The molecule has 0 unspecified atom stereocenters. The van der Waals surface area contributed by atoms with E-state index in [-0.39, 0.29) is 18.3 Å². The first-order chi connectivity index (χ1) is 11.1. The van der Waals surface area contributed by atoms with E-state index < -0.39 is 0 Å². The van der Waals surface area contributed by atoms with Gasteiger partial charge in [-0.15, -0.1) is 0 Å². The monoisotopic (exact) mass is 313 g/mol. The summed E-state index contributed by atoms with van der Waals surface area (Å²) >= 11 is 0. The number of hydrogen-bond donors (Lipinski definition) is 1. The normalized spacial score (nSPS) is 10.0. The number of anilines is 1. The second kappa shape index (κ2) is 7.98. The molecule has 0 atom stereocenters. The van der Waals surface area contributed by atoms with Gasteiger partial charge in [-0.3, -0.25) is 9.59 Å². The van der Waals surface area contributed by atoms with Crippen LogP contribution in [0.15, 0.2) is 48.5 Å². The lowest BCUT2D eigenvalue weighted by Gasteiger charge is -2.07. The Morgan fingerprint density at radius 2 is 1.78 bits per heavy atom. The maximum Gasteiger partial charge on any atom is 0.311 e. The number of ether oxygens (including phenoxy) is 2. The van der Waals surface area contributed by atoms with Gasteiger partial charge in [0.15, 0.2) is 0 Å². The average Bonchev–Trinajstić information content (AvgIpc) is 2.54. The van der Waals surface area contributed by atoms with E-state index in [9.17, 15) is 9.59 Å². The van der Waals surface area contributed by atoms with Crippen molar-refractivity contribution < 1.29 is 19.1 Å². The first-order valence-corrected chi connectivity index (χ1v) is 7.28. The summed E-state index contributed by atoms with van der Waals surface area (Å²) in [7, 11) is 1.61. The number of methoxy groups -OCH3 is 1. The third-order valence-electron chi connectivity index (χ3n) is 3.16. The number of benzene rings is 2. The summed E-state index contributed by atoms with van der Waals surface area (Å²) in [6.45, 7) is 1.44. The Kier molecular flexibility index (Phi) is 5.74. The van der Waals surface area contributed by atoms with Gasteiger partial charge in [-0.05, 0) is 48.4 Å². The van der Waals surface area contributed by atoms with Crippen LogP contribution in [0, 0.1) is 0 Å². The Balaban J connectivity index is 1.85. The minimum Gasteiger partial charge on any atom is -0.497 e. The summed E-state index contributed by atoms with van der Waals surface area (Å²) in [5.41, 5.74) is 1.68. The quantitative estimate of drug-likeness (QED) is 0.657. The van der Waals surface area contributed by atoms with Gasteiger partial charge in [0, 0.05) is 19.0 Å². The summed E-state index contributed by atoms with van der Waals surface area (Å²) in [5, 5.41) is 2.65. The molecule has 5 heteroatoms. The van der Waals surface area contributed by atoms with Crippen molar-refractivity contribution in [2.75, 3.05) is 12.4 Å². The molecule has 0 radical (unpaired) electrons. The lowest BCUT2D eigenvalue weighted by Crippen LogP contribution is -2.09. The second-order valence-electron chi connectivity index (χ2n) is 5.03. The van der Waals surface area contributed by atoms with Crippen LogP contribution in [0.1, 0.15) is 18.9 Å². The molecule has 2 aromatic carbocycles. The Morgan fingerprint density at radius 3 is 2.43 bits per heavy atom. The average molecular weight is 313 g/mol. The van der Waals surface area contributed by atoms with E-state index in [1.165, 1.54) is 6.92 Å². The van der Waals surface area contributed by atoms with Crippen LogP contribution in [0.25, 0.3) is 0 Å². The molecule has 1 amide bonds. The highest BCUT2D eigenvalue weighted by molar-refractivity contribution is 5.88. The van der Waals surface area contributed by atoms with Gasteiger partial charge in [0.05, 0.1) is 7.11 Å². The summed E-state index contributed by atoms with van der Waals surface area (Å²) in [6, 6.07) is 14.3. The summed E-state index contributed by atoms with van der Waals surface area (Å²) < 4.78 is 10.4. The Bertz CT molecular complexity index is 680. The van der Waals surface area contributed by atoms with Crippen molar-refractivity contribution in [1.82, 2.24) is 0 Å². The van der Waals surface area contributed by atoms with E-state index >= 15 is 0 Å². The predicted octanol–water partition coefficient (Wildman–Crippen LogP) is 3.19. The van der Waals surface area contributed by atoms with Crippen LogP contribution in [0.4, 0.5) is 5.69 Å². The molecule has 0 heterocycles. The molecule has 0 aromatic heterocycles. The number of carbonyl (C=O) groups is 2. The maximum absolute atomic E-state index is 11.9. The minimum absolute atomic E-state index is 0.145. The molecule has 0 aliphatic heterocycles. The highest BCUT2D eigenvalue weighted by atomic mass is 16.5. The third kappa shape index (κ3) is 5.47. The lowest BCUT2D eigenvalue weighted by atomic mass is 10.1. The molecular formula is C18H19NO4. The van der Waals surface area contributed by atoms with Crippen molar-refractivity contribution in [1.29, 1.82) is 0 Å². The first-order valence-electron chi connectivity index (χ1n) is 7.28. The molecular weight excluding hydrogens is 294 g/mol. The van der Waals surface area contributed by atoms with Crippen molar-refractivity contribution >= 4 is 17.6 Å². The highest BCUT2D eigenvalue weighted by Gasteiger charge is 2.06. The molecule has 5 nitrogen and oxygen atoms in total. The van der Waals surface area contributed by atoms with E-state index in [2.05, 4.69) is 5.32 Å². The molecule has 23 heavy (non-hydrogen) atoms. The van der Waals surface area contributed by atoms with Crippen molar-refractivity contribution in [2.24, 2.45) is 0 Å². The maximum atomic E-state index is 11.9. The van der Waals surface area contributed by atoms with Crippen LogP contribution in [0.3, 0.4) is 0 Å².